The summed E-state index contributed by atoms with van der Waals surface area (Å²) in [7, 11) is 1.75. The Kier molecular flexibility index (Phi) is 5.09. The molecule has 0 unspecified atom stereocenters. The van der Waals surface area contributed by atoms with Gasteiger partial charge in [0.15, 0.2) is 5.69 Å². The lowest BCUT2D eigenvalue weighted by Gasteiger charge is -2.11. The number of hydrogen-bond acceptors (Lipinski definition) is 5. The molecule has 0 saturated heterocycles. The summed E-state index contributed by atoms with van der Waals surface area (Å²) >= 11 is 0. The van der Waals surface area contributed by atoms with Crippen LogP contribution in [-0.2, 0) is 4.74 Å². The number of rotatable bonds is 6. The van der Waals surface area contributed by atoms with Crippen molar-refractivity contribution in [2.24, 2.45) is 0 Å². The van der Waals surface area contributed by atoms with Crippen molar-refractivity contribution in [3.63, 3.8) is 0 Å². The molecular weight excluding hydrogens is 244 g/mol. The smallest absolute Gasteiger partial charge is 0.271 e. The number of ether oxygens (including phenoxy) is 1. The Morgan fingerprint density at radius 1 is 1.37 bits per heavy atom. The van der Waals surface area contributed by atoms with Crippen LogP contribution in [0.15, 0.2) is 12.1 Å². The summed E-state index contributed by atoms with van der Waals surface area (Å²) in [6.45, 7) is 1.06. The molecule has 1 aromatic rings. The van der Waals surface area contributed by atoms with Gasteiger partial charge in [0.25, 0.3) is 5.91 Å². The molecule has 0 radical (unpaired) electrons. The highest BCUT2D eigenvalue weighted by atomic mass is 16.5. The molecule has 19 heavy (non-hydrogen) atoms. The first-order valence-electron chi connectivity index (χ1n) is 6.71. The Morgan fingerprint density at radius 2 is 2.16 bits per heavy atom. The second-order valence-electron chi connectivity index (χ2n) is 4.59. The van der Waals surface area contributed by atoms with Crippen LogP contribution in [0.25, 0.3) is 0 Å². The van der Waals surface area contributed by atoms with Gasteiger partial charge in [-0.2, -0.15) is 0 Å². The highest BCUT2D eigenvalue weighted by Gasteiger charge is 2.15. The van der Waals surface area contributed by atoms with Crippen molar-refractivity contribution in [3.05, 3.63) is 17.8 Å². The number of carbonyl (C=O) groups excluding carboxylic acids is 1. The minimum Gasteiger partial charge on any atom is -0.376 e. The Bertz CT molecular complexity index is 402. The van der Waals surface area contributed by atoms with E-state index >= 15 is 0 Å². The van der Waals surface area contributed by atoms with Crippen LogP contribution < -0.4 is 10.6 Å². The number of aromatic nitrogens is 2. The highest BCUT2D eigenvalue weighted by molar-refractivity contribution is 5.92. The van der Waals surface area contributed by atoms with E-state index in [1.807, 2.05) is 0 Å². The van der Waals surface area contributed by atoms with Crippen LogP contribution in [0.2, 0.25) is 0 Å². The van der Waals surface area contributed by atoms with Crippen LogP contribution in [0.4, 0.5) is 5.82 Å². The molecule has 1 amide bonds. The predicted octanol–water partition coefficient (Wildman–Crippen LogP) is 1.21. The highest BCUT2D eigenvalue weighted by Crippen LogP contribution is 2.20. The molecule has 0 atom stereocenters. The molecule has 1 aromatic heterocycles. The lowest BCUT2D eigenvalue weighted by atomic mass is 10.3. The Hall–Kier alpha value is -1.69. The van der Waals surface area contributed by atoms with E-state index in [2.05, 4.69) is 20.8 Å². The molecule has 1 fully saturated rings. The lowest BCUT2D eigenvalue weighted by molar-refractivity contribution is 0.0581. The van der Waals surface area contributed by atoms with E-state index in [1.54, 1.807) is 19.2 Å². The molecule has 2 N–H and O–H groups in total. The van der Waals surface area contributed by atoms with Crippen molar-refractivity contribution < 1.29 is 9.53 Å². The lowest BCUT2D eigenvalue weighted by Crippen LogP contribution is -2.29. The van der Waals surface area contributed by atoms with Crippen LogP contribution in [0.5, 0.6) is 0 Å². The predicted molar refractivity (Wildman–Crippen MR) is 72.1 cm³/mol. The molecular formula is C13H20N4O2. The number of hydrogen-bond donors (Lipinski definition) is 2. The number of nitrogens with zero attached hydrogens (tertiary/aromatic N) is 2. The topological polar surface area (TPSA) is 76.1 Å². The van der Waals surface area contributed by atoms with Gasteiger partial charge >= 0.3 is 0 Å². The van der Waals surface area contributed by atoms with Crippen molar-refractivity contribution in [1.82, 2.24) is 15.5 Å². The molecule has 1 heterocycles. The molecule has 6 heteroatoms. The van der Waals surface area contributed by atoms with Crippen molar-refractivity contribution >= 4 is 11.7 Å². The van der Waals surface area contributed by atoms with Crippen LogP contribution in [-0.4, -0.2) is 42.4 Å². The maximum Gasteiger partial charge on any atom is 0.271 e. The minimum absolute atomic E-state index is 0.217. The minimum atomic E-state index is -0.217. The van der Waals surface area contributed by atoms with Gasteiger partial charge in [0, 0.05) is 13.6 Å². The summed E-state index contributed by atoms with van der Waals surface area (Å²) in [5.41, 5.74) is 0.319. The van der Waals surface area contributed by atoms with Gasteiger partial charge in [0.2, 0.25) is 0 Å². The van der Waals surface area contributed by atoms with Gasteiger partial charge < -0.3 is 15.4 Å². The monoisotopic (exact) mass is 264 g/mol. The summed E-state index contributed by atoms with van der Waals surface area (Å²) in [6, 6.07) is 3.36. The van der Waals surface area contributed by atoms with Crippen LogP contribution >= 0.6 is 0 Å². The molecule has 0 aromatic carbocycles. The molecule has 0 aliphatic heterocycles. The maximum atomic E-state index is 11.8. The van der Waals surface area contributed by atoms with Crippen LogP contribution in [0.1, 0.15) is 36.2 Å². The van der Waals surface area contributed by atoms with Crippen molar-refractivity contribution in [2.45, 2.75) is 31.8 Å². The van der Waals surface area contributed by atoms with Crippen molar-refractivity contribution in [1.29, 1.82) is 0 Å². The van der Waals surface area contributed by atoms with Gasteiger partial charge in [-0.1, -0.05) is 12.8 Å². The summed E-state index contributed by atoms with van der Waals surface area (Å²) in [5.74, 6) is 0.422. The van der Waals surface area contributed by atoms with E-state index in [9.17, 15) is 4.79 Å². The first-order valence-corrected chi connectivity index (χ1v) is 6.71. The zero-order valence-electron chi connectivity index (χ0n) is 11.2. The zero-order chi connectivity index (χ0) is 13.5. The third-order valence-corrected chi connectivity index (χ3v) is 3.20. The second-order valence-corrected chi connectivity index (χ2v) is 4.59. The third-order valence-electron chi connectivity index (χ3n) is 3.20. The molecule has 1 saturated carbocycles. The Morgan fingerprint density at radius 3 is 2.79 bits per heavy atom. The van der Waals surface area contributed by atoms with Gasteiger partial charge in [-0.25, -0.2) is 0 Å². The summed E-state index contributed by atoms with van der Waals surface area (Å²) in [4.78, 5) is 11.8. The van der Waals surface area contributed by atoms with Gasteiger partial charge in [0.05, 0.1) is 12.7 Å². The van der Waals surface area contributed by atoms with Gasteiger partial charge in [0.1, 0.15) is 5.82 Å². The van der Waals surface area contributed by atoms with E-state index in [0.717, 1.165) is 12.8 Å². The maximum absolute atomic E-state index is 11.8. The fourth-order valence-corrected chi connectivity index (χ4v) is 2.12. The van der Waals surface area contributed by atoms with E-state index in [4.69, 9.17) is 4.74 Å². The molecule has 6 nitrogen and oxygen atoms in total. The van der Waals surface area contributed by atoms with E-state index in [-0.39, 0.29) is 5.91 Å². The molecule has 0 bridgehead atoms. The summed E-state index contributed by atoms with van der Waals surface area (Å²) in [6.07, 6.45) is 5.18. The number of anilines is 1. The standard InChI is InChI=1S/C13H20N4O2/c1-14-12-7-6-11(16-17-12)13(18)15-8-9-19-10-4-2-3-5-10/h6-7,10H,2-5,8-9H2,1H3,(H,14,17)(H,15,18). The Labute approximate surface area is 112 Å². The van der Waals surface area contributed by atoms with Gasteiger partial charge in [-0.15, -0.1) is 10.2 Å². The molecule has 104 valence electrons. The summed E-state index contributed by atoms with van der Waals surface area (Å²) in [5, 5.41) is 13.3. The van der Waals surface area contributed by atoms with Crippen molar-refractivity contribution in [2.75, 3.05) is 25.5 Å². The molecule has 1 aliphatic carbocycles. The first-order chi connectivity index (χ1) is 9.29. The fraction of sp³-hybridized carbons (Fsp3) is 0.615. The average molecular weight is 264 g/mol. The number of amides is 1. The first kappa shape index (κ1) is 13.7. The SMILES string of the molecule is CNc1ccc(C(=O)NCCOC2CCCC2)nn1. The normalized spacial score (nSPS) is 15.4. The fourth-order valence-electron chi connectivity index (χ4n) is 2.12. The van der Waals surface area contributed by atoms with Crippen LogP contribution in [0.3, 0.4) is 0 Å². The number of nitrogens with one attached hydrogen (secondary N) is 2. The van der Waals surface area contributed by atoms with Crippen molar-refractivity contribution in [3.8, 4) is 0 Å². The number of carbonyl (C=O) groups is 1. The third kappa shape index (κ3) is 4.17. The average Bonchev–Trinajstić information content (AvgIpc) is 2.96. The molecule has 2 rings (SSSR count). The van der Waals surface area contributed by atoms with Gasteiger partial charge in [-0.05, 0) is 25.0 Å². The van der Waals surface area contributed by atoms with E-state index in [0.29, 0.717) is 30.8 Å². The summed E-state index contributed by atoms with van der Waals surface area (Å²) < 4.78 is 5.66. The molecule has 0 spiro atoms. The van der Waals surface area contributed by atoms with E-state index in [1.165, 1.54) is 12.8 Å². The van der Waals surface area contributed by atoms with E-state index < -0.39 is 0 Å². The zero-order valence-corrected chi connectivity index (χ0v) is 11.2. The van der Waals surface area contributed by atoms with Crippen LogP contribution in [0, 0.1) is 0 Å². The Balaban J connectivity index is 1.68. The molecule has 1 aliphatic rings. The largest absolute Gasteiger partial charge is 0.376 e. The quantitative estimate of drug-likeness (QED) is 0.755. The van der Waals surface area contributed by atoms with Gasteiger partial charge in [-0.3, -0.25) is 4.79 Å². The second kappa shape index (κ2) is 7.04.